The Bertz CT molecular complexity index is 4320. The van der Waals surface area contributed by atoms with Gasteiger partial charge in [0.25, 0.3) is 17.2 Å². The minimum absolute atomic E-state index is 0.0397. The number of carbonyl (C=O) groups excluding carboxylic acids is 2. The van der Waals surface area contributed by atoms with Gasteiger partial charge in [0.15, 0.2) is 0 Å². The number of nitrogens with one attached hydrogen (secondary N) is 3. The predicted octanol–water partition coefficient (Wildman–Crippen LogP) is 4.55. The van der Waals surface area contributed by atoms with Gasteiger partial charge in [0.1, 0.15) is 48.6 Å². The van der Waals surface area contributed by atoms with Crippen LogP contribution in [0.2, 0.25) is 0 Å². The number of H-pyrrole nitrogens is 1. The van der Waals surface area contributed by atoms with Gasteiger partial charge in [-0.25, -0.2) is 32.7 Å². The number of nitro benzene ring substituents is 1. The van der Waals surface area contributed by atoms with E-state index in [4.69, 9.17) is 33.3 Å². The highest BCUT2D eigenvalue weighted by Crippen LogP contribution is 2.66. The van der Waals surface area contributed by atoms with Gasteiger partial charge in [0.05, 0.1) is 47.5 Å². The first-order chi connectivity index (χ1) is 42.9. The quantitative estimate of drug-likeness (QED) is 0.0130. The van der Waals surface area contributed by atoms with Gasteiger partial charge in [-0.05, 0) is 92.5 Å². The van der Waals surface area contributed by atoms with Crippen molar-refractivity contribution in [3.8, 4) is 23.3 Å². The standard InChI is InChI=1S/C58H60N7O22P3/c1-3-23-81-46-28-48(84-47(46)31-82-89(77,78)87-90(79,80)86-88(74,75)76)64-30-37(55(67)61-57(64)70)9-4-18-59-58(71)83-32(2)41-24-33(14-17-45(41)65(72)73)29-60-54(66)36-15-16-38(42(27-36)56(68)69)49-43-25-34-10-5-19-62-21-7-12-39(50(34)62)52(43)85-53-40-13-8-22-63-20-6-11-35(51(40)63)26-44(49)53/h3,14-17,24-27,30,32,46-48H,1,5-8,10-13,18-23,28-29,31H2,2H3,(H7-,59,60,61,66,67,68,69,70,71,74,75,76,77,78,79,80)/p+1/t32?,46-,47+,48+/m0/s1. The Labute approximate surface area is 511 Å². The molecule has 11 rings (SSSR count). The topological polar surface area (TPSA) is 396 Å². The van der Waals surface area contributed by atoms with Crippen LogP contribution in [0.4, 0.5) is 16.2 Å². The highest BCUT2D eigenvalue weighted by atomic mass is 31.3. The molecule has 6 aliphatic heterocycles. The maximum atomic E-state index is 14.0. The molecule has 474 valence electrons. The molecule has 6 aliphatic rings. The molecule has 2 amide bonds. The van der Waals surface area contributed by atoms with E-state index in [0.717, 1.165) is 127 Å². The van der Waals surface area contributed by atoms with Crippen molar-refractivity contribution in [1.29, 1.82) is 0 Å². The summed E-state index contributed by atoms with van der Waals surface area (Å²) in [5, 5.41) is 30.4. The second-order valence-electron chi connectivity index (χ2n) is 22.1. The van der Waals surface area contributed by atoms with Crippen molar-refractivity contribution in [2.45, 2.75) is 95.8 Å². The number of carboxylic acids is 1. The lowest BCUT2D eigenvalue weighted by Gasteiger charge is -2.39. The number of carboxylic acid groups (broad SMARTS) is 1. The maximum Gasteiger partial charge on any atom is 0.490 e. The van der Waals surface area contributed by atoms with Crippen LogP contribution in [0.1, 0.15) is 122 Å². The average Bonchev–Trinajstić information content (AvgIpc) is 0.799. The van der Waals surface area contributed by atoms with Gasteiger partial charge >= 0.3 is 41.2 Å². The van der Waals surface area contributed by atoms with E-state index in [-0.39, 0.29) is 41.8 Å². The zero-order valence-corrected chi connectivity index (χ0v) is 50.8. The normalized spacial score (nSPS) is 19.6. The highest BCUT2D eigenvalue weighted by Gasteiger charge is 2.44. The van der Waals surface area contributed by atoms with Crippen LogP contribution in [0.15, 0.2) is 77.0 Å². The number of aromatic amines is 1. The molecule has 90 heavy (non-hydrogen) atoms. The van der Waals surface area contributed by atoms with Crippen LogP contribution in [0.25, 0.3) is 5.57 Å². The molecule has 1 fully saturated rings. The van der Waals surface area contributed by atoms with E-state index in [2.05, 4.69) is 64.3 Å². The van der Waals surface area contributed by atoms with Crippen molar-refractivity contribution in [1.82, 2.24) is 24.8 Å². The second kappa shape index (κ2) is 25.8. The molecular formula is C58H61N7O22P3+. The fraction of sp³-hybridized carbons (Fsp3) is 0.379. The molecule has 6 atom stereocenters. The predicted molar refractivity (Wildman–Crippen MR) is 317 cm³/mol. The smallest absolute Gasteiger partial charge is 0.478 e. The molecule has 7 heterocycles. The van der Waals surface area contributed by atoms with E-state index in [1.807, 2.05) is 0 Å². The summed E-state index contributed by atoms with van der Waals surface area (Å²) in [6, 6.07) is 13.0. The van der Waals surface area contributed by atoms with Gasteiger partial charge in [-0.15, -0.1) is 6.58 Å². The average molecular weight is 1300 g/mol. The van der Waals surface area contributed by atoms with Crippen molar-refractivity contribution in [3.05, 3.63) is 170 Å². The molecule has 0 spiro atoms. The van der Waals surface area contributed by atoms with Crippen LogP contribution < -0.4 is 46.7 Å². The fourth-order valence-corrected chi connectivity index (χ4v) is 15.6. The number of nitro groups is 1. The number of aryl methyl sites for hydroxylation is 2. The van der Waals surface area contributed by atoms with Crippen LogP contribution in [0.5, 0.6) is 11.5 Å². The number of phosphoric acid groups is 3. The number of anilines is 1. The van der Waals surface area contributed by atoms with E-state index < -0.39 is 101 Å². The van der Waals surface area contributed by atoms with Gasteiger partial charge in [-0.2, -0.15) is 8.62 Å². The van der Waals surface area contributed by atoms with Gasteiger partial charge < -0.3 is 59.2 Å². The number of phosphoric ester groups is 1. The van der Waals surface area contributed by atoms with Crippen molar-refractivity contribution in [2.75, 3.05) is 50.8 Å². The molecule has 0 saturated carbocycles. The Morgan fingerprint density at radius 1 is 0.922 bits per heavy atom. The lowest BCUT2D eigenvalue weighted by molar-refractivity contribution is -0.386. The third kappa shape index (κ3) is 13.6. The Morgan fingerprint density at radius 3 is 2.41 bits per heavy atom. The summed E-state index contributed by atoms with van der Waals surface area (Å²) >= 11 is 0. The number of hydrogen-bond donors (Lipinski definition) is 8. The number of alkyl carbamates (subject to hydrolysis) is 1. The lowest BCUT2D eigenvalue weighted by atomic mass is 9.81. The molecule has 29 nitrogen and oxygen atoms in total. The molecule has 1 saturated heterocycles. The molecular weight excluding hydrogens is 1240 g/mol. The third-order valence-electron chi connectivity index (χ3n) is 16.2. The van der Waals surface area contributed by atoms with Gasteiger partial charge in [0.2, 0.25) is 5.36 Å². The van der Waals surface area contributed by atoms with E-state index in [1.54, 1.807) is 12.1 Å². The monoisotopic (exact) mass is 1300 g/mol. The molecule has 3 unspecified atom stereocenters. The number of aromatic carboxylic acids is 1. The number of ether oxygens (including phenoxy) is 4. The van der Waals surface area contributed by atoms with Crippen LogP contribution in [-0.4, -0.2) is 115 Å². The van der Waals surface area contributed by atoms with Crippen LogP contribution in [0.3, 0.4) is 0 Å². The van der Waals surface area contributed by atoms with Crippen LogP contribution in [-0.2, 0) is 73.3 Å². The SMILES string of the molecule is C=CCO[C@H]1C[C@H](n2cc(C#CCNC(=O)OC(C)c3cc(CNC(=O)c4ccc(C5=c6cc7c8c(c6Oc6c5cc5c9c6CCCN9CCC5)CCC[N+]=8CCC7)c(C(=O)O)c4)ccc3[N+](=O)[O-])c(=O)[nH]c2=O)O[C@@H]1COP(=O)(O)OP(=O)(O)OP(=O)(O)O. The maximum absolute atomic E-state index is 14.0. The Morgan fingerprint density at radius 2 is 1.67 bits per heavy atom. The Hall–Kier alpha value is -7.93. The summed E-state index contributed by atoms with van der Waals surface area (Å²) in [6.07, 6.45) is 3.53. The number of amides is 2. The molecule has 0 bridgehead atoms. The Kier molecular flexibility index (Phi) is 18.2. The minimum atomic E-state index is -5.84. The van der Waals surface area contributed by atoms with Gasteiger partial charge in [-0.3, -0.25) is 33.8 Å². The highest BCUT2D eigenvalue weighted by molar-refractivity contribution is 7.66. The number of hydrogen-bond acceptors (Lipinski definition) is 18. The van der Waals surface area contributed by atoms with E-state index in [1.165, 1.54) is 59.4 Å². The summed E-state index contributed by atoms with van der Waals surface area (Å²) in [5.74, 6) is 4.69. The minimum Gasteiger partial charge on any atom is -0.478 e. The molecule has 0 radical (unpaired) electrons. The zero-order valence-electron chi connectivity index (χ0n) is 48.1. The molecule has 0 aliphatic carbocycles. The largest absolute Gasteiger partial charge is 0.490 e. The number of benzene rings is 4. The van der Waals surface area contributed by atoms with Crippen molar-refractivity contribution < 1.29 is 89.8 Å². The van der Waals surface area contributed by atoms with Crippen LogP contribution in [0, 0.1) is 22.0 Å². The molecule has 8 N–H and O–H groups in total. The fourth-order valence-electron chi connectivity index (χ4n) is 12.5. The van der Waals surface area contributed by atoms with Crippen molar-refractivity contribution >= 4 is 58.4 Å². The number of carbonyl (C=O) groups is 3. The third-order valence-corrected chi connectivity index (χ3v) is 20.0. The van der Waals surface area contributed by atoms with Crippen molar-refractivity contribution in [2.24, 2.45) is 0 Å². The van der Waals surface area contributed by atoms with Crippen LogP contribution >= 0.6 is 23.5 Å². The first kappa shape index (κ1) is 63.6. The van der Waals surface area contributed by atoms with Crippen molar-refractivity contribution in [3.63, 3.8) is 0 Å². The summed E-state index contributed by atoms with van der Waals surface area (Å²) < 4.78 is 74.8. The molecule has 5 aromatic rings. The summed E-state index contributed by atoms with van der Waals surface area (Å²) in [5.41, 5.74) is 5.57. The van der Waals surface area contributed by atoms with Gasteiger partial charge in [-0.1, -0.05) is 30.0 Å². The number of nitrogens with zero attached hydrogens (tertiary/aromatic N) is 4. The number of rotatable bonds is 20. The van der Waals surface area contributed by atoms with E-state index >= 15 is 0 Å². The summed E-state index contributed by atoms with van der Waals surface area (Å²) in [4.78, 5) is 120. The first-order valence-electron chi connectivity index (χ1n) is 28.7. The van der Waals surface area contributed by atoms with E-state index in [9.17, 15) is 62.7 Å². The summed E-state index contributed by atoms with van der Waals surface area (Å²) in [7, 11) is -17.1. The first-order valence-corrected chi connectivity index (χ1v) is 33.2. The molecule has 32 heteroatoms. The zero-order chi connectivity index (χ0) is 64.0. The molecule has 1 aromatic heterocycles. The van der Waals surface area contributed by atoms with E-state index in [0.29, 0.717) is 11.1 Å². The number of aromatic nitrogens is 2. The second-order valence-corrected chi connectivity index (χ2v) is 26.5. The molecule has 4 aromatic carbocycles. The summed E-state index contributed by atoms with van der Waals surface area (Å²) in [6.45, 7) is 7.09. The number of fused-ring (bicyclic) bond motifs is 4. The van der Waals surface area contributed by atoms with Gasteiger partial charge in [0, 0.05) is 89.9 Å². The lowest BCUT2D eigenvalue weighted by Crippen LogP contribution is -2.45. The Balaban J connectivity index is 0.767.